The summed E-state index contributed by atoms with van der Waals surface area (Å²) in [4.78, 5) is 37.5. The second-order valence-corrected chi connectivity index (χ2v) is 10.7. The lowest BCUT2D eigenvalue weighted by atomic mass is 9.78. The fourth-order valence-electron chi connectivity index (χ4n) is 5.19. The molecule has 0 saturated carbocycles. The van der Waals surface area contributed by atoms with Crippen LogP contribution in [0.1, 0.15) is 70.8 Å². The Kier molecular flexibility index (Phi) is 7.39. The van der Waals surface area contributed by atoms with Gasteiger partial charge in [0.1, 0.15) is 6.29 Å². The number of nitrogens with one attached hydrogen (secondary N) is 1. The van der Waals surface area contributed by atoms with E-state index in [-0.39, 0.29) is 29.2 Å². The summed E-state index contributed by atoms with van der Waals surface area (Å²) in [7, 11) is 0. The molecule has 0 spiro atoms. The number of rotatable bonds is 8. The van der Waals surface area contributed by atoms with Gasteiger partial charge < -0.3 is 15.2 Å². The third-order valence-electron chi connectivity index (χ3n) is 7.20. The summed E-state index contributed by atoms with van der Waals surface area (Å²) in [6.07, 6.45) is 1.80. The maximum absolute atomic E-state index is 13.0. The number of benzene rings is 3. The Bertz CT molecular complexity index is 1240. The van der Waals surface area contributed by atoms with Crippen molar-refractivity contribution in [1.82, 2.24) is 5.32 Å². The summed E-state index contributed by atoms with van der Waals surface area (Å²) in [6.45, 7) is 6.92. The van der Waals surface area contributed by atoms with Gasteiger partial charge in [0.15, 0.2) is 0 Å². The highest BCUT2D eigenvalue weighted by molar-refractivity contribution is 5.92. The summed E-state index contributed by atoms with van der Waals surface area (Å²) in [6, 6.07) is 23.0. The summed E-state index contributed by atoms with van der Waals surface area (Å²) in [5.41, 5.74) is 4.51. The second-order valence-electron chi connectivity index (χ2n) is 10.7. The van der Waals surface area contributed by atoms with Gasteiger partial charge in [-0.25, -0.2) is 4.79 Å². The standard InChI is InChI=1S/C31H33NO4/c1-31(2,3)24-14-12-21(13-15-24)23(19-33)17-27-25(10-7-11-26(27)30(35)36)28-22(18-32-29(28)34)16-20-8-5-4-6-9-20/h4-15,19,22-23,28H,16-18H2,1-3H3,(H,32,34)(H,35,36). The van der Waals surface area contributed by atoms with Crippen molar-refractivity contribution < 1.29 is 19.5 Å². The van der Waals surface area contributed by atoms with Crippen LogP contribution in [0.25, 0.3) is 0 Å². The number of hydrogen-bond donors (Lipinski definition) is 2. The van der Waals surface area contributed by atoms with Gasteiger partial charge in [0, 0.05) is 12.5 Å². The highest BCUT2D eigenvalue weighted by Gasteiger charge is 2.38. The van der Waals surface area contributed by atoms with Crippen LogP contribution in [0, 0.1) is 5.92 Å². The molecule has 1 heterocycles. The lowest BCUT2D eigenvalue weighted by Gasteiger charge is -2.24. The molecule has 1 amide bonds. The van der Waals surface area contributed by atoms with Crippen molar-refractivity contribution in [3.8, 4) is 0 Å². The molecule has 1 fully saturated rings. The first-order chi connectivity index (χ1) is 17.2. The Labute approximate surface area is 212 Å². The van der Waals surface area contributed by atoms with Crippen LogP contribution in [0.4, 0.5) is 0 Å². The van der Waals surface area contributed by atoms with Crippen molar-refractivity contribution in [2.45, 2.75) is 50.9 Å². The molecule has 186 valence electrons. The third-order valence-corrected chi connectivity index (χ3v) is 7.20. The minimum absolute atomic E-state index is 0.0107. The Morgan fingerprint density at radius 1 is 1.03 bits per heavy atom. The first-order valence-electron chi connectivity index (χ1n) is 12.4. The van der Waals surface area contributed by atoms with Gasteiger partial charge in [-0.1, -0.05) is 87.5 Å². The van der Waals surface area contributed by atoms with Crippen molar-refractivity contribution in [2.75, 3.05) is 6.54 Å². The topological polar surface area (TPSA) is 83.5 Å². The Balaban J connectivity index is 1.71. The summed E-state index contributed by atoms with van der Waals surface area (Å²) in [5, 5.41) is 13.0. The Hall–Kier alpha value is -3.73. The van der Waals surface area contributed by atoms with Crippen LogP contribution in [0.3, 0.4) is 0 Å². The van der Waals surface area contributed by atoms with E-state index in [9.17, 15) is 19.5 Å². The van der Waals surface area contributed by atoms with Crippen molar-refractivity contribution in [2.24, 2.45) is 5.92 Å². The third kappa shape index (κ3) is 5.40. The minimum atomic E-state index is -1.06. The molecule has 1 saturated heterocycles. The van der Waals surface area contributed by atoms with Gasteiger partial charge in [0.05, 0.1) is 11.5 Å². The van der Waals surface area contributed by atoms with Gasteiger partial charge in [0.2, 0.25) is 5.91 Å². The maximum Gasteiger partial charge on any atom is 0.335 e. The molecule has 5 nitrogen and oxygen atoms in total. The van der Waals surface area contributed by atoms with Crippen LogP contribution in [0.2, 0.25) is 0 Å². The zero-order valence-electron chi connectivity index (χ0n) is 21.0. The van der Waals surface area contributed by atoms with Crippen LogP contribution in [0.5, 0.6) is 0 Å². The lowest BCUT2D eigenvalue weighted by molar-refractivity contribution is -0.120. The maximum atomic E-state index is 13.0. The zero-order valence-corrected chi connectivity index (χ0v) is 21.0. The number of carbonyl (C=O) groups is 3. The van der Waals surface area contributed by atoms with Crippen LogP contribution in [-0.4, -0.2) is 29.8 Å². The molecule has 3 aromatic carbocycles. The molecule has 0 radical (unpaired) electrons. The first kappa shape index (κ1) is 25.4. The minimum Gasteiger partial charge on any atom is -0.478 e. The molecule has 0 aliphatic carbocycles. The van der Waals surface area contributed by atoms with Gasteiger partial charge in [0.25, 0.3) is 0 Å². The molecule has 5 heteroatoms. The smallest absolute Gasteiger partial charge is 0.335 e. The van der Waals surface area contributed by atoms with Gasteiger partial charge in [-0.05, 0) is 58.1 Å². The number of carboxylic acid groups (broad SMARTS) is 1. The number of carbonyl (C=O) groups excluding carboxylic acids is 2. The van der Waals surface area contributed by atoms with Crippen molar-refractivity contribution in [1.29, 1.82) is 0 Å². The second kappa shape index (κ2) is 10.5. The number of amides is 1. The van der Waals surface area contributed by atoms with Gasteiger partial charge >= 0.3 is 5.97 Å². The molecular weight excluding hydrogens is 450 g/mol. The highest BCUT2D eigenvalue weighted by Crippen LogP contribution is 2.37. The highest BCUT2D eigenvalue weighted by atomic mass is 16.4. The Morgan fingerprint density at radius 3 is 2.33 bits per heavy atom. The molecule has 1 aliphatic heterocycles. The van der Waals surface area contributed by atoms with E-state index in [1.54, 1.807) is 12.1 Å². The van der Waals surface area contributed by atoms with E-state index < -0.39 is 17.8 Å². The SMILES string of the molecule is CC(C)(C)c1ccc(C(C=O)Cc2c(C(=O)O)cccc2C2C(=O)NCC2Cc2ccccc2)cc1. The van der Waals surface area contributed by atoms with Crippen LogP contribution in [-0.2, 0) is 27.8 Å². The monoisotopic (exact) mass is 483 g/mol. The van der Waals surface area contributed by atoms with Crippen molar-refractivity contribution >= 4 is 18.2 Å². The molecule has 2 N–H and O–H groups in total. The van der Waals surface area contributed by atoms with E-state index in [4.69, 9.17) is 0 Å². The average Bonchev–Trinajstić information content (AvgIpc) is 3.22. The predicted molar refractivity (Wildman–Crippen MR) is 140 cm³/mol. The average molecular weight is 484 g/mol. The molecule has 3 unspecified atom stereocenters. The summed E-state index contributed by atoms with van der Waals surface area (Å²) in [5.74, 6) is -2.16. The van der Waals surface area contributed by atoms with E-state index in [1.807, 2.05) is 60.7 Å². The predicted octanol–water partition coefficient (Wildman–Crippen LogP) is 5.28. The molecule has 36 heavy (non-hydrogen) atoms. The number of hydrogen-bond acceptors (Lipinski definition) is 3. The van der Waals surface area contributed by atoms with E-state index in [0.717, 1.165) is 23.0 Å². The number of aldehydes is 1. The van der Waals surface area contributed by atoms with Crippen LogP contribution >= 0.6 is 0 Å². The van der Waals surface area contributed by atoms with Crippen LogP contribution < -0.4 is 5.32 Å². The van der Waals surface area contributed by atoms with Gasteiger partial charge in [-0.15, -0.1) is 0 Å². The quantitative estimate of drug-likeness (QED) is 0.427. The molecule has 1 aliphatic rings. The Morgan fingerprint density at radius 2 is 1.72 bits per heavy atom. The van der Waals surface area contributed by atoms with E-state index >= 15 is 0 Å². The number of aromatic carboxylic acids is 1. The van der Waals surface area contributed by atoms with Gasteiger partial charge in [-0.2, -0.15) is 0 Å². The fourth-order valence-corrected chi connectivity index (χ4v) is 5.19. The summed E-state index contributed by atoms with van der Waals surface area (Å²) >= 11 is 0. The lowest BCUT2D eigenvalue weighted by Crippen LogP contribution is -2.22. The van der Waals surface area contributed by atoms with E-state index in [1.165, 1.54) is 0 Å². The normalized spacial score (nSPS) is 18.5. The molecule has 3 aromatic rings. The van der Waals surface area contributed by atoms with E-state index in [2.05, 4.69) is 26.1 Å². The fraction of sp³-hybridized carbons (Fsp3) is 0.323. The number of carboxylic acids is 1. The van der Waals surface area contributed by atoms with Crippen molar-refractivity contribution in [3.05, 3.63) is 106 Å². The molecule has 3 atom stereocenters. The van der Waals surface area contributed by atoms with Gasteiger partial charge in [-0.3, -0.25) is 4.79 Å². The molecule has 0 bridgehead atoms. The molecule has 4 rings (SSSR count). The zero-order chi connectivity index (χ0) is 25.9. The molecular formula is C31H33NO4. The van der Waals surface area contributed by atoms with Crippen LogP contribution in [0.15, 0.2) is 72.8 Å². The first-order valence-corrected chi connectivity index (χ1v) is 12.4. The van der Waals surface area contributed by atoms with Crippen molar-refractivity contribution in [3.63, 3.8) is 0 Å². The summed E-state index contributed by atoms with van der Waals surface area (Å²) < 4.78 is 0. The van der Waals surface area contributed by atoms with E-state index in [0.29, 0.717) is 24.1 Å². The molecule has 0 aromatic heterocycles. The largest absolute Gasteiger partial charge is 0.478 e.